The van der Waals surface area contributed by atoms with Gasteiger partial charge in [0, 0.05) is 48.7 Å². The maximum Gasteiger partial charge on any atom is 0.336 e. The molecule has 0 spiro atoms. The molecule has 0 saturated carbocycles. The predicted octanol–water partition coefficient (Wildman–Crippen LogP) is 5.09. The van der Waals surface area contributed by atoms with E-state index >= 15 is 0 Å². The number of aryl methyl sites for hydroxylation is 1. The second kappa shape index (κ2) is 9.97. The van der Waals surface area contributed by atoms with Crippen molar-refractivity contribution in [2.24, 2.45) is 0 Å². The van der Waals surface area contributed by atoms with Crippen molar-refractivity contribution in [3.8, 4) is 0 Å². The minimum Gasteiger partial charge on any atom is -0.464 e. The first kappa shape index (κ1) is 25.5. The summed E-state index contributed by atoms with van der Waals surface area (Å²) >= 11 is 0. The van der Waals surface area contributed by atoms with Gasteiger partial charge in [-0.15, -0.1) is 0 Å². The number of allylic oxidation sites excluding steroid dienone is 3. The summed E-state index contributed by atoms with van der Waals surface area (Å²) in [5.41, 5.74) is 5.58. The van der Waals surface area contributed by atoms with Gasteiger partial charge in [-0.05, 0) is 62.9 Å². The van der Waals surface area contributed by atoms with Gasteiger partial charge < -0.3 is 19.4 Å². The van der Waals surface area contributed by atoms with Crippen LogP contribution in [0.3, 0.4) is 0 Å². The highest BCUT2D eigenvalue weighted by atomic mass is 16.5. The maximum absolute atomic E-state index is 13.8. The monoisotopic (exact) mass is 512 g/mol. The Morgan fingerprint density at radius 3 is 2.50 bits per heavy atom. The number of hydrogen-bond donors (Lipinski definition) is 1. The molecule has 7 heteroatoms. The largest absolute Gasteiger partial charge is 0.464 e. The maximum atomic E-state index is 13.8. The molecule has 0 saturated heterocycles. The lowest BCUT2D eigenvalue weighted by Crippen LogP contribution is -2.37. The van der Waals surface area contributed by atoms with Crippen LogP contribution < -0.4 is 15.6 Å². The van der Waals surface area contributed by atoms with Crippen LogP contribution in [0, 0.1) is 6.92 Å². The summed E-state index contributed by atoms with van der Waals surface area (Å²) < 4.78 is 11.2. The Hall–Kier alpha value is -4.13. The van der Waals surface area contributed by atoms with E-state index in [1.54, 1.807) is 26.0 Å². The lowest BCUT2D eigenvalue weighted by atomic mass is 9.72. The Morgan fingerprint density at radius 2 is 1.82 bits per heavy atom. The van der Waals surface area contributed by atoms with Gasteiger partial charge in [0.15, 0.2) is 11.2 Å². The average Bonchev–Trinajstić information content (AvgIpc) is 2.88. The molecule has 2 heterocycles. The van der Waals surface area contributed by atoms with Gasteiger partial charge in [-0.25, -0.2) is 4.79 Å². The second-order valence-corrected chi connectivity index (χ2v) is 10.2. The van der Waals surface area contributed by atoms with Crippen molar-refractivity contribution >= 4 is 28.4 Å². The first-order valence-corrected chi connectivity index (χ1v) is 12.9. The number of nitrogens with zero attached hydrogens (tertiary/aromatic N) is 1. The molecule has 3 aromatic rings. The normalized spacial score (nSPS) is 19.3. The molecule has 2 aromatic carbocycles. The van der Waals surface area contributed by atoms with Crippen LogP contribution in [0.4, 0.5) is 5.69 Å². The van der Waals surface area contributed by atoms with Crippen LogP contribution in [0.15, 0.2) is 80.5 Å². The zero-order valence-corrected chi connectivity index (χ0v) is 22.4. The molecule has 7 nitrogen and oxygen atoms in total. The van der Waals surface area contributed by atoms with Crippen LogP contribution in [-0.4, -0.2) is 32.5 Å². The zero-order valence-electron chi connectivity index (χ0n) is 22.4. The zero-order chi connectivity index (χ0) is 27.1. The van der Waals surface area contributed by atoms with Gasteiger partial charge in [-0.3, -0.25) is 9.59 Å². The number of fused-ring (bicyclic) bond motifs is 1. The van der Waals surface area contributed by atoms with Gasteiger partial charge in [0.1, 0.15) is 5.58 Å². The lowest BCUT2D eigenvalue weighted by molar-refractivity contribution is -0.138. The number of nitrogens with one attached hydrogen (secondary N) is 1. The van der Waals surface area contributed by atoms with E-state index in [0.29, 0.717) is 28.7 Å². The molecule has 196 valence electrons. The number of hydrogen-bond acceptors (Lipinski definition) is 7. The highest BCUT2D eigenvalue weighted by Gasteiger charge is 2.42. The number of anilines is 1. The molecule has 0 amide bonds. The van der Waals surface area contributed by atoms with Crippen LogP contribution in [0.1, 0.15) is 55.2 Å². The molecule has 1 aromatic heterocycles. The van der Waals surface area contributed by atoms with E-state index in [-0.39, 0.29) is 41.3 Å². The Balaban J connectivity index is 1.63. The van der Waals surface area contributed by atoms with E-state index in [1.165, 1.54) is 6.26 Å². The highest BCUT2D eigenvalue weighted by molar-refractivity contribution is 6.04. The van der Waals surface area contributed by atoms with Crippen molar-refractivity contribution in [3.63, 3.8) is 0 Å². The van der Waals surface area contributed by atoms with Gasteiger partial charge in [0.2, 0.25) is 0 Å². The van der Waals surface area contributed by atoms with Crippen molar-refractivity contribution in [1.29, 1.82) is 0 Å². The number of carbonyl (C=O) groups is 2. The van der Waals surface area contributed by atoms with Gasteiger partial charge in [0.05, 0.1) is 29.7 Å². The molecular formula is C31H32N2O5. The van der Waals surface area contributed by atoms with Crippen LogP contribution in [0.25, 0.3) is 11.0 Å². The van der Waals surface area contributed by atoms with Crippen molar-refractivity contribution < 1.29 is 18.7 Å². The molecule has 1 aliphatic heterocycles. The first-order chi connectivity index (χ1) is 18.2. The van der Waals surface area contributed by atoms with E-state index in [0.717, 1.165) is 22.5 Å². The summed E-state index contributed by atoms with van der Waals surface area (Å²) in [6, 6.07) is 13.6. The van der Waals surface area contributed by atoms with Gasteiger partial charge in [-0.2, -0.15) is 0 Å². The van der Waals surface area contributed by atoms with E-state index < -0.39 is 11.9 Å². The summed E-state index contributed by atoms with van der Waals surface area (Å²) in [7, 11) is 3.98. The van der Waals surface area contributed by atoms with Crippen molar-refractivity contribution in [3.05, 3.63) is 98.2 Å². The molecule has 0 fully saturated rings. The molecule has 1 N–H and O–H groups in total. The molecule has 38 heavy (non-hydrogen) atoms. The molecule has 1 aliphatic carbocycles. The van der Waals surface area contributed by atoms with Crippen LogP contribution in [-0.2, 0) is 14.3 Å². The van der Waals surface area contributed by atoms with E-state index in [1.807, 2.05) is 44.1 Å². The lowest BCUT2D eigenvalue weighted by Gasteiger charge is -2.36. The number of esters is 1. The number of ether oxygens (including phenoxy) is 1. The Bertz CT molecular complexity index is 1560. The summed E-state index contributed by atoms with van der Waals surface area (Å²) in [6.07, 6.45) is 2.27. The Labute approximate surface area is 221 Å². The summed E-state index contributed by atoms with van der Waals surface area (Å²) in [4.78, 5) is 42.8. The third-order valence-electron chi connectivity index (χ3n) is 7.47. The number of benzene rings is 2. The second-order valence-electron chi connectivity index (χ2n) is 10.2. The smallest absolute Gasteiger partial charge is 0.336 e. The topological polar surface area (TPSA) is 88.8 Å². The summed E-state index contributed by atoms with van der Waals surface area (Å²) in [5, 5.41) is 3.75. The molecule has 0 radical (unpaired) electrons. The Morgan fingerprint density at radius 1 is 1.08 bits per heavy atom. The quantitative estimate of drug-likeness (QED) is 0.476. The van der Waals surface area contributed by atoms with E-state index in [4.69, 9.17) is 9.15 Å². The predicted molar refractivity (Wildman–Crippen MR) is 147 cm³/mol. The van der Waals surface area contributed by atoms with Gasteiger partial charge in [-0.1, -0.05) is 23.8 Å². The van der Waals surface area contributed by atoms with Crippen LogP contribution in [0.2, 0.25) is 0 Å². The SMILES string of the molecule is CCOC(=O)C1=C(C)NC2=C(C(=O)C[C@@H](c3ccc(N(C)C)cc3)C2)[C@H]1c1coc2ccc(C)cc2c1=O. The molecule has 0 unspecified atom stereocenters. The number of dihydropyridines is 1. The van der Waals surface area contributed by atoms with E-state index in [9.17, 15) is 14.4 Å². The molecular weight excluding hydrogens is 480 g/mol. The highest BCUT2D eigenvalue weighted by Crippen LogP contribution is 2.45. The van der Waals surface area contributed by atoms with Crippen molar-refractivity contribution in [1.82, 2.24) is 5.32 Å². The third kappa shape index (κ3) is 4.42. The first-order valence-electron chi connectivity index (χ1n) is 12.9. The fourth-order valence-corrected chi connectivity index (χ4v) is 5.57. The average molecular weight is 513 g/mol. The summed E-state index contributed by atoms with van der Waals surface area (Å²) in [5.74, 6) is -1.52. The van der Waals surface area contributed by atoms with Crippen LogP contribution >= 0.6 is 0 Å². The van der Waals surface area contributed by atoms with Crippen molar-refractivity contribution in [2.75, 3.05) is 25.6 Å². The molecule has 5 rings (SSSR count). The van der Waals surface area contributed by atoms with Gasteiger partial charge in [0.25, 0.3) is 0 Å². The van der Waals surface area contributed by atoms with E-state index in [2.05, 4.69) is 17.4 Å². The fourth-order valence-electron chi connectivity index (χ4n) is 5.57. The number of ketones is 1. The summed E-state index contributed by atoms with van der Waals surface area (Å²) in [6.45, 7) is 5.60. The third-order valence-corrected chi connectivity index (χ3v) is 7.47. The fraction of sp³-hybridized carbons (Fsp3) is 0.323. The Kier molecular flexibility index (Phi) is 6.69. The number of Topliss-reactive ketones (excluding diaryl/α,β-unsaturated/α-hetero) is 1. The van der Waals surface area contributed by atoms with Gasteiger partial charge >= 0.3 is 5.97 Å². The standard InChI is InChI=1S/C31H32N2O5/c1-6-37-31(36)27-18(3)32-24-14-20(19-8-10-21(11-9-19)33(4)5)15-25(34)29(24)28(27)23-16-38-26-12-7-17(2)13-22(26)30(23)35/h7-13,16,20,28,32H,6,14-15H2,1-5H3/t20-,28-/m0/s1. The van der Waals surface area contributed by atoms with Crippen LogP contribution in [0.5, 0.6) is 0 Å². The molecule has 0 bridgehead atoms. The number of carbonyl (C=O) groups excluding carboxylic acids is 2. The van der Waals surface area contributed by atoms with Crippen molar-refractivity contribution in [2.45, 2.75) is 45.4 Å². The molecule has 2 aliphatic rings. The number of rotatable bonds is 5. The minimum atomic E-state index is -0.865. The minimum absolute atomic E-state index is 0.0155. The molecule has 2 atom stereocenters.